The summed E-state index contributed by atoms with van der Waals surface area (Å²) in [6.45, 7) is 3.44. The molecule has 3 rings (SSSR count). The SMILES string of the molecule is CC[C@H]1c2ccsc2CCN1C(=O)NCc1ccoc1. The number of furan rings is 1. The number of urea groups is 1. The number of carbonyl (C=O) groups excluding carboxylic acids is 1. The molecule has 4 nitrogen and oxygen atoms in total. The van der Waals surface area contributed by atoms with Crippen LogP contribution in [-0.4, -0.2) is 17.5 Å². The van der Waals surface area contributed by atoms with Crippen molar-refractivity contribution in [1.82, 2.24) is 10.2 Å². The van der Waals surface area contributed by atoms with Gasteiger partial charge in [0.2, 0.25) is 0 Å². The molecule has 0 saturated carbocycles. The Hall–Kier alpha value is -1.75. The van der Waals surface area contributed by atoms with Crippen LogP contribution < -0.4 is 5.32 Å². The zero-order chi connectivity index (χ0) is 13.9. The summed E-state index contributed by atoms with van der Waals surface area (Å²) in [6.07, 6.45) is 5.19. The summed E-state index contributed by atoms with van der Waals surface area (Å²) in [5, 5.41) is 5.10. The van der Waals surface area contributed by atoms with Gasteiger partial charge in [-0.1, -0.05) is 6.92 Å². The lowest BCUT2D eigenvalue weighted by Crippen LogP contribution is -2.44. The number of nitrogens with one attached hydrogen (secondary N) is 1. The summed E-state index contributed by atoms with van der Waals surface area (Å²) in [5.41, 5.74) is 2.31. The minimum absolute atomic E-state index is 0.00917. The van der Waals surface area contributed by atoms with Crippen molar-refractivity contribution in [2.75, 3.05) is 6.54 Å². The van der Waals surface area contributed by atoms with Crippen LogP contribution >= 0.6 is 11.3 Å². The molecule has 20 heavy (non-hydrogen) atoms. The third kappa shape index (κ3) is 2.45. The number of carbonyl (C=O) groups is 1. The van der Waals surface area contributed by atoms with E-state index in [9.17, 15) is 4.79 Å². The quantitative estimate of drug-likeness (QED) is 0.939. The standard InChI is InChI=1S/C15H18N2O2S/c1-2-13-12-5-8-20-14(12)3-6-17(13)15(18)16-9-11-4-7-19-10-11/h4-5,7-8,10,13H,2-3,6,9H2,1H3,(H,16,18)/t13-/m0/s1. The minimum atomic E-state index is 0.00917. The topological polar surface area (TPSA) is 45.5 Å². The van der Waals surface area contributed by atoms with E-state index < -0.39 is 0 Å². The molecule has 0 bridgehead atoms. The van der Waals surface area contributed by atoms with Gasteiger partial charge >= 0.3 is 6.03 Å². The number of nitrogens with zero attached hydrogens (tertiary/aromatic N) is 1. The van der Waals surface area contributed by atoms with Crippen molar-refractivity contribution in [3.05, 3.63) is 46.0 Å². The molecular weight excluding hydrogens is 272 g/mol. The van der Waals surface area contributed by atoms with E-state index >= 15 is 0 Å². The Balaban J connectivity index is 1.68. The molecule has 5 heteroatoms. The highest BCUT2D eigenvalue weighted by atomic mass is 32.1. The molecule has 1 aliphatic heterocycles. The average Bonchev–Trinajstić information content (AvgIpc) is 3.14. The highest BCUT2D eigenvalue weighted by Crippen LogP contribution is 2.35. The molecule has 3 heterocycles. The number of fused-ring (bicyclic) bond motifs is 1. The Morgan fingerprint density at radius 2 is 2.45 bits per heavy atom. The molecule has 1 aliphatic rings. The van der Waals surface area contributed by atoms with Crippen molar-refractivity contribution >= 4 is 17.4 Å². The maximum Gasteiger partial charge on any atom is 0.318 e. The van der Waals surface area contributed by atoms with Crippen LogP contribution in [0.3, 0.4) is 0 Å². The van der Waals surface area contributed by atoms with Gasteiger partial charge in [-0.2, -0.15) is 0 Å². The zero-order valence-electron chi connectivity index (χ0n) is 11.5. The van der Waals surface area contributed by atoms with Crippen LogP contribution in [-0.2, 0) is 13.0 Å². The van der Waals surface area contributed by atoms with Crippen LogP contribution in [0.1, 0.15) is 35.4 Å². The maximum atomic E-state index is 12.4. The minimum Gasteiger partial charge on any atom is -0.472 e. The third-order valence-electron chi connectivity index (χ3n) is 3.77. The normalized spacial score (nSPS) is 17.9. The van der Waals surface area contributed by atoms with Gasteiger partial charge in [0.1, 0.15) is 0 Å². The number of hydrogen-bond donors (Lipinski definition) is 1. The molecule has 2 aromatic rings. The summed E-state index contributed by atoms with van der Waals surface area (Å²) >= 11 is 1.80. The summed E-state index contributed by atoms with van der Waals surface area (Å²) in [7, 11) is 0. The van der Waals surface area contributed by atoms with E-state index in [1.165, 1.54) is 10.4 Å². The van der Waals surface area contributed by atoms with Gasteiger partial charge in [-0.3, -0.25) is 0 Å². The summed E-state index contributed by atoms with van der Waals surface area (Å²) in [6, 6.07) is 4.23. The number of thiophene rings is 1. The highest BCUT2D eigenvalue weighted by Gasteiger charge is 2.30. The molecule has 1 N–H and O–H groups in total. The molecule has 0 fully saturated rings. The fourth-order valence-electron chi connectivity index (χ4n) is 2.75. The average molecular weight is 290 g/mol. The largest absolute Gasteiger partial charge is 0.472 e. The van der Waals surface area contributed by atoms with Gasteiger partial charge in [-0.25, -0.2) is 4.79 Å². The predicted octanol–water partition coefficient (Wildman–Crippen LogP) is 3.56. The van der Waals surface area contributed by atoms with E-state index in [1.54, 1.807) is 23.9 Å². The molecule has 1 atom stereocenters. The maximum absolute atomic E-state index is 12.4. The van der Waals surface area contributed by atoms with Gasteiger partial charge in [-0.05, 0) is 35.9 Å². The van der Waals surface area contributed by atoms with Crippen molar-refractivity contribution < 1.29 is 9.21 Å². The van der Waals surface area contributed by atoms with Crippen LogP contribution in [0.15, 0.2) is 34.5 Å². The third-order valence-corrected chi connectivity index (χ3v) is 4.76. The Morgan fingerprint density at radius 1 is 1.55 bits per heavy atom. The van der Waals surface area contributed by atoms with Gasteiger partial charge in [0.25, 0.3) is 0 Å². The molecule has 0 radical (unpaired) electrons. The predicted molar refractivity (Wildman–Crippen MR) is 78.7 cm³/mol. The van der Waals surface area contributed by atoms with Crippen LogP contribution in [0.4, 0.5) is 4.79 Å². The Morgan fingerprint density at radius 3 is 3.20 bits per heavy atom. The number of amides is 2. The second-order valence-corrected chi connectivity index (χ2v) is 5.96. The van der Waals surface area contributed by atoms with E-state index in [0.29, 0.717) is 6.54 Å². The first-order chi connectivity index (χ1) is 9.79. The Bertz CT molecular complexity index is 576. The van der Waals surface area contributed by atoms with E-state index in [0.717, 1.165) is 24.9 Å². The molecule has 0 aromatic carbocycles. The Labute approximate surface area is 122 Å². The summed E-state index contributed by atoms with van der Waals surface area (Å²) in [5.74, 6) is 0. The van der Waals surface area contributed by atoms with E-state index in [2.05, 4.69) is 23.7 Å². The van der Waals surface area contributed by atoms with Crippen LogP contribution in [0.2, 0.25) is 0 Å². The molecule has 106 valence electrons. The second kappa shape index (κ2) is 5.71. The first-order valence-corrected chi connectivity index (χ1v) is 7.79. The number of hydrogen-bond acceptors (Lipinski definition) is 3. The van der Waals surface area contributed by atoms with Gasteiger partial charge in [0, 0.05) is 23.5 Å². The summed E-state index contributed by atoms with van der Waals surface area (Å²) in [4.78, 5) is 15.8. The lowest BCUT2D eigenvalue weighted by Gasteiger charge is -2.35. The molecule has 0 saturated heterocycles. The van der Waals surface area contributed by atoms with Crippen LogP contribution in [0.5, 0.6) is 0 Å². The van der Waals surface area contributed by atoms with Crippen LogP contribution in [0, 0.1) is 0 Å². The second-order valence-electron chi connectivity index (χ2n) is 4.96. The van der Waals surface area contributed by atoms with Gasteiger partial charge in [0.05, 0.1) is 18.6 Å². The molecule has 0 unspecified atom stereocenters. The fraction of sp³-hybridized carbons (Fsp3) is 0.400. The highest BCUT2D eigenvalue weighted by molar-refractivity contribution is 7.10. The van der Waals surface area contributed by atoms with Crippen molar-refractivity contribution in [2.24, 2.45) is 0 Å². The molecule has 2 amide bonds. The number of rotatable bonds is 3. The lowest BCUT2D eigenvalue weighted by molar-refractivity contribution is 0.167. The first kappa shape index (κ1) is 13.2. The molecule has 0 aliphatic carbocycles. The van der Waals surface area contributed by atoms with Crippen molar-refractivity contribution in [2.45, 2.75) is 32.4 Å². The van der Waals surface area contributed by atoms with Crippen molar-refractivity contribution in [3.8, 4) is 0 Å². The van der Waals surface area contributed by atoms with Gasteiger partial charge in [0.15, 0.2) is 0 Å². The van der Waals surface area contributed by atoms with E-state index in [1.807, 2.05) is 11.0 Å². The van der Waals surface area contributed by atoms with E-state index in [-0.39, 0.29) is 12.1 Å². The smallest absolute Gasteiger partial charge is 0.318 e. The molecule has 0 spiro atoms. The van der Waals surface area contributed by atoms with Gasteiger partial charge in [-0.15, -0.1) is 11.3 Å². The molecular formula is C15H18N2O2S. The fourth-order valence-corrected chi connectivity index (χ4v) is 3.68. The summed E-state index contributed by atoms with van der Waals surface area (Å²) < 4.78 is 5.01. The molecule has 2 aromatic heterocycles. The van der Waals surface area contributed by atoms with E-state index in [4.69, 9.17) is 4.42 Å². The Kier molecular flexibility index (Phi) is 3.78. The monoisotopic (exact) mass is 290 g/mol. The van der Waals surface area contributed by atoms with Crippen molar-refractivity contribution in [1.29, 1.82) is 0 Å². The van der Waals surface area contributed by atoms with Crippen LogP contribution in [0.25, 0.3) is 0 Å². The zero-order valence-corrected chi connectivity index (χ0v) is 12.3. The first-order valence-electron chi connectivity index (χ1n) is 6.91. The van der Waals surface area contributed by atoms with Gasteiger partial charge < -0.3 is 14.6 Å². The lowest BCUT2D eigenvalue weighted by atomic mass is 9.98. The van der Waals surface area contributed by atoms with Crippen molar-refractivity contribution in [3.63, 3.8) is 0 Å².